The highest BCUT2D eigenvalue weighted by Crippen LogP contribution is 2.20. The van der Waals surface area contributed by atoms with E-state index >= 15 is 0 Å². The lowest BCUT2D eigenvalue weighted by atomic mass is 10.4. The monoisotopic (exact) mass is 203 g/mol. The maximum absolute atomic E-state index is 13.0. The Morgan fingerprint density at radius 1 is 1.43 bits per heavy atom. The molecule has 0 aromatic carbocycles. The first kappa shape index (κ1) is 10.6. The van der Waals surface area contributed by atoms with Gasteiger partial charge in [0.25, 0.3) is 5.88 Å². The lowest BCUT2D eigenvalue weighted by Crippen LogP contribution is -2.14. The van der Waals surface area contributed by atoms with E-state index in [1.54, 1.807) is 13.8 Å². The summed E-state index contributed by atoms with van der Waals surface area (Å²) in [7, 11) is 0. The lowest BCUT2D eigenvalue weighted by molar-refractivity contribution is 0.220. The third kappa shape index (κ3) is 2.29. The summed E-state index contributed by atoms with van der Waals surface area (Å²) in [5, 5.41) is 0. The normalized spacial score (nSPS) is 10.4. The Bertz CT molecular complexity index is 331. The molecule has 0 atom stereocenters. The predicted molar refractivity (Wildman–Crippen MR) is 47.7 cm³/mol. The molecular weight excluding hydrogens is 192 g/mol. The van der Waals surface area contributed by atoms with Crippen molar-refractivity contribution < 1.29 is 13.5 Å². The highest BCUT2D eigenvalue weighted by molar-refractivity contribution is 5.38. The third-order valence-electron chi connectivity index (χ3n) is 1.38. The van der Waals surface area contributed by atoms with E-state index in [2.05, 4.69) is 4.98 Å². The minimum absolute atomic E-state index is 0.243. The molecule has 0 fully saturated rings. The standard InChI is InChI=1S/C8H11F2N3O/c1-4(2)14-8-6(10)3-5(9)7(12-8)13-11/h3-4H,11H2,1-2H3,(H,12,13). The number of rotatable bonds is 3. The van der Waals surface area contributed by atoms with Crippen molar-refractivity contribution in [2.75, 3.05) is 5.43 Å². The van der Waals surface area contributed by atoms with E-state index in [9.17, 15) is 8.78 Å². The van der Waals surface area contributed by atoms with Gasteiger partial charge in [-0.3, -0.25) is 0 Å². The molecular formula is C8H11F2N3O. The summed E-state index contributed by atoms with van der Waals surface area (Å²) >= 11 is 0. The fourth-order valence-corrected chi connectivity index (χ4v) is 0.857. The second-order valence-electron chi connectivity index (χ2n) is 2.92. The first-order valence-electron chi connectivity index (χ1n) is 4.04. The molecule has 0 aliphatic carbocycles. The second kappa shape index (κ2) is 4.19. The van der Waals surface area contributed by atoms with Crippen molar-refractivity contribution in [1.82, 2.24) is 4.98 Å². The van der Waals surface area contributed by atoms with Gasteiger partial charge in [0.2, 0.25) is 0 Å². The molecule has 0 spiro atoms. The minimum atomic E-state index is -0.860. The molecule has 0 saturated carbocycles. The molecule has 6 heteroatoms. The van der Waals surface area contributed by atoms with Crippen molar-refractivity contribution in [2.24, 2.45) is 5.84 Å². The van der Waals surface area contributed by atoms with Crippen LogP contribution in [0.5, 0.6) is 5.88 Å². The molecule has 0 unspecified atom stereocenters. The molecule has 4 nitrogen and oxygen atoms in total. The maximum Gasteiger partial charge on any atom is 0.252 e. The summed E-state index contributed by atoms with van der Waals surface area (Å²) in [6.45, 7) is 3.42. The molecule has 0 aliphatic rings. The number of halogens is 2. The molecule has 1 aromatic rings. The number of aromatic nitrogens is 1. The Morgan fingerprint density at radius 3 is 2.57 bits per heavy atom. The average molecular weight is 203 g/mol. The zero-order valence-corrected chi connectivity index (χ0v) is 7.84. The molecule has 14 heavy (non-hydrogen) atoms. The molecule has 1 aromatic heterocycles. The van der Waals surface area contributed by atoms with Crippen LogP contribution < -0.4 is 16.0 Å². The number of nitrogens with one attached hydrogen (secondary N) is 1. The van der Waals surface area contributed by atoms with Gasteiger partial charge in [-0.15, -0.1) is 0 Å². The number of hydrogen-bond donors (Lipinski definition) is 2. The first-order valence-corrected chi connectivity index (χ1v) is 4.04. The van der Waals surface area contributed by atoms with Gasteiger partial charge in [-0.1, -0.05) is 0 Å². The van der Waals surface area contributed by atoms with Crippen molar-refractivity contribution >= 4 is 5.82 Å². The van der Waals surface area contributed by atoms with Crippen molar-refractivity contribution in [3.63, 3.8) is 0 Å². The molecule has 1 heterocycles. The Balaban J connectivity index is 3.04. The van der Waals surface area contributed by atoms with Crippen LogP contribution in [0.2, 0.25) is 0 Å². The molecule has 78 valence electrons. The number of nitrogens with two attached hydrogens (primary N) is 1. The van der Waals surface area contributed by atoms with Crippen LogP contribution in [0.15, 0.2) is 6.07 Å². The SMILES string of the molecule is CC(C)Oc1nc(NN)c(F)cc1F. The largest absolute Gasteiger partial charge is 0.473 e. The van der Waals surface area contributed by atoms with Gasteiger partial charge in [-0.05, 0) is 13.8 Å². The van der Waals surface area contributed by atoms with E-state index in [0.29, 0.717) is 6.07 Å². The zero-order chi connectivity index (χ0) is 10.7. The number of hydrazine groups is 1. The molecule has 1 rings (SSSR count). The van der Waals surface area contributed by atoms with Crippen molar-refractivity contribution in [3.05, 3.63) is 17.7 Å². The van der Waals surface area contributed by atoms with E-state index in [1.165, 1.54) is 0 Å². The first-order chi connectivity index (χ1) is 6.54. The number of anilines is 1. The topological polar surface area (TPSA) is 60.2 Å². The molecule has 3 N–H and O–H groups in total. The molecule has 0 saturated heterocycles. The Hall–Kier alpha value is -1.43. The number of pyridine rings is 1. The zero-order valence-electron chi connectivity index (χ0n) is 7.84. The number of nitrogens with zero attached hydrogens (tertiary/aromatic N) is 1. The van der Waals surface area contributed by atoms with E-state index in [1.807, 2.05) is 5.43 Å². The summed E-state index contributed by atoms with van der Waals surface area (Å²) in [6.07, 6.45) is -0.243. The van der Waals surface area contributed by atoms with Crippen LogP contribution in [0, 0.1) is 11.6 Å². The number of ether oxygens (including phenoxy) is 1. The minimum Gasteiger partial charge on any atom is -0.473 e. The average Bonchev–Trinajstić information content (AvgIpc) is 2.09. The van der Waals surface area contributed by atoms with Crippen LogP contribution in [0.4, 0.5) is 14.6 Å². The van der Waals surface area contributed by atoms with E-state index in [4.69, 9.17) is 10.6 Å². The highest BCUT2D eigenvalue weighted by atomic mass is 19.1. The van der Waals surface area contributed by atoms with Crippen LogP contribution in [-0.4, -0.2) is 11.1 Å². The molecule has 0 bridgehead atoms. The fourth-order valence-electron chi connectivity index (χ4n) is 0.857. The Labute approximate surface area is 80.1 Å². The van der Waals surface area contributed by atoms with Crippen molar-refractivity contribution in [1.29, 1.82) is 0 Å². The predicted octanol–water partition coefficient (Wildman–Crippen LogP) is 1.43. The van der Waals surface area contributed by atoms with Gasteiger partial charge in [0.05, 0.1) is 6.10 Å². The van der Waals surface area contributed by atoms with Gasteiger partial charge >= 0.3 is 0 Å². The van der Waals surface area contributed by atoms with Crippen LogP contribution in [-0.2, 0) is 0 Å². The van der Waals surface area contributed by atoms with E-state index in [0.717, 1.165) is 0 Å². The van der Waals surface area contributed by atoms with Crippen molar-refractivity contribution in [2.45, 2.75) is 20.0 Å². The van der Waals surface area contributed by atoms with Gasteiger partial charge in [-0.2, -0.15) is 4.98 Å². The lowest BCUT2D eigenvalue weighted by Gasteiger charge is -2.10. The van der Waals surface area contributed by atoms with E-state index in [-0.39, 0.29) is 17.8 Å². The van der Waals surface area contributed by atoms with Gasteiger partial charge in [-0.25, -0.2) is 14.6 Å². The van der Waals surface area contributed by atoms with Crippen LogP contribution in [0.1, 0.15) is 13.8 Å². The maximum atomic E-state index is 13.0. The summed E-state index contributed by atoms with van der Waals surface area (Å²) < 4.78 is 30.9. The molecule has 0 amide bonds. The number of hydrogen-bond acceptors (Lipinski definition) is 4. The van der Waals surface area contributed by atoms with Crippen molar-refractivity contribution in [3.8, 4) is 5.88 Å². The van der Waals surface area contributed by atoms with Crippen LogP contribution in [0.25, 0.3) is 0 Å². The summed E-state index contributed by atoms with van der Waals surface area (Å²) in [5.41, 5.74) is 2.00. The third-order valence-corrected chi connectivity index (χ3v) is 1.38. The molecule has 0 radical (unpaired) electrons. The van der Waals surface area contributed by atoms with E-state index < -0.39 is 11.6 Å². The van der Waals surface area contributed by atoms with Crippen LogP contribution >= 0.6 is 0 Å². The van der Waals surface area contributed by atoms with Gasteiger partial charge in [0.15, 0.2) is 17.5 Å². The smallest absolute Gasteiger partial charge is 0.252 e. The Morgan fingerprint density at radius 2 is 2.07 bits per heavy atom. The van der Waals surface area contributed by atoms with Crippen LogP contribution in [0.3, 0.4) is 0 Å². The highest BCUT2D eigenvalue weighted by Gasteiger charge is 2.13. The molecule has 0 aliphatic heterocycles. The Kier molecular flexibility index (Phi) is 3.19. The summed E-state index contributed by atoms with van der Waals surface area (Å²) in [4.78, 5) is 3.52. The fraction of sp³-hybridized carbons (Fsp3) is 0.375. The quantitative estimate of drug-likeness (QED) is 0.576. The van der Waals surface area contributed by atoms with Gasteiger partial charge in [0.1, 0.15) is 0 Å². The van der Waals surface area contributed by atoms with Gasteiger partial charge in [0, 0.05) is 6.07 Å². The van der Waals surface area contributed by atoms with Gasteiger partial charge < -0.3 is 10.2 Å². The number of nitrogen functional groups attached to an aromatic ring is 1. The summed E-state index contributed by atoms with van der Waals surface area (Å²) in [6, 6.07) is 0.667. The summed E-state index contributed by atoms with van der Waals surface area (Å²) in [5.74, 6) is 2.74. The second-order valence-corrected chi connectivity index (χ2v) is 2.92.